The molecule has 2 aromatic rings. The molecule has 4 rings (SSSR count). The van der Waals surface area contributed by atoms with Gasteiger partial charge in [-0.2, -0.15) is 0 Å². The lowest BCUT2D eigenvalue weighted by Gasteiger charge is -2.27. The van der Waals surface area contributed by atoms with E-state index in [1.54, 1.807) is 18.2 Å². The third kappa shape index (κ3) is 7.42. The SMILES string of the molecule is O[C@@]1(COc2ccccc2F)CCCN(Cc2ccc(OCCN3CCCCC3)cc2)CC1. The first kappa shape index (κ1) is 24.0. The number of aliphatic hydroxyl groups is 1. The summed E-state index contributed by atoms with van der Waals surface area (Å²) in [5.41, 5.74) is 0.315. The Hall–Kier alpha value is -2.15. The number of halogens is 1. The van der Waals surface area contributed by atoms with Crippen LogP contribution < -0.4 is 9.47 Å². The summed E-state index contributed by atoms with van der Waals surface area (Å²) < 4.78 is 25.4. The lowest BCUT2D eigenvalue weighted by Crippen LogP contribution is -2.37. The summed E-state index contributed by atoms with van der Waals surface area (Å²) in [6, 6.07) is 14.7. The Labute approximate surface area is 197 Å². The average molecular weight is 457 g/mol. The van der Waals surface area contributed by atoms with Gasteiger partial charge in [0.05, 0.1) is 5.60 Å². The molecule has 2 aromatic carbocycles. The molecule has 0 unspecified atom stereocenters. The maximum Gasteiger partial charge on any atom is 0.165 e. The van der Waals surface area contributed by atoms with E-state index in [2.05, 4.69) is 34.1 Å². The molecular formula is C27H37FN2O3. The Morgan fingerprint density at radius 1 is 0.818 bits per heavy atom. The maximum atomic E-state index is 13.8. The summed E-state index contributed by atoms with van der Waals surface area (Å²) in [4.78, 5) is 4.85. The summed E-state index contributed by atoms with van der Waals surface area (Å²) >= 11 is 0. The second-order valence-electron chi connectivity index (χ2n) is 9.47. The van der Waals surface area contributed by atoms with Gasteiger partial charge in [0.15, 0.2) is 11.6 Å². The van der Waals surface area contributed by atoms with Crippen molar-refractivity contribution in [3.05, 3.63) is 59.9 Å². The van der Waals surface area contributed by atoms with Crippen LogP contribution in [0.4, 0.5) is 4.39 Å². The molecule has 33 heavy (non-hydrogen) atoms. The first-order valence-electron chi connectivity index (χ1n) is 12.4. The van der Waals surface area contributed by atoms with Gasteiger partial charge < -0.3 is 14.6 Å². The van der Waals surface area contributed by atoms with Crippen LogP contribution in [0, 0.1) is 5.82 Å². The first-order chi connectivity index (χ1) is 16.1. The molecule has 6 heteroatoms. The minimum atomic E-state index is -0.927. The van der Waals surface area contributed by atoms with Gasteiger partial charge in [0, 0.05) is 19.6 Å². The number of hydrogen-bond acceptors (Lipinski definition) is 5. The Balaban J connectivity index is 1.20. The third-order valence-electron chi connectivity index (χ3n) is 6.80. The zero-order valence-corrected chi connectivity index (χ0v) is 19.6. The van der Waals surface area contributed by atoms with Gasteiger partial charge in [-0.25, -0.2) is 4.39 Å². The smallest absolute Gasteiger partial charge is 0.165 e. The van der Waals surface area contributed by atoms with Crippen LogP contribution in [-0.4, -0.2) is 66.4 Å². The van der Waals surface area contributed by atoms with Crippen molar-refractivity contribution < 1.29 is 19.0 Å². The Bertz CT molecular complexity index is 857. The Morgan fingerprint density at radius 3 is 2.36 bits per heavy atom. The van der Waals surface area contributed by atoms with E-state index in [0.717, 1.165) is 45.0 Å². The molecule has 180 valence electrons. The van der Waals surface area contributed by atoms with Crippen molar-refractivity contribution in [2.24, 2.45) is 0 Å². The number of rotatable bonds is 9. The second kappa shape index (κ2) is 11.8. The van der Waals surface area contributed by atoms with Gasteiger partial charge in [0.25, 0.3) is 0 Å². The fourth-order valence-corrected chi connectivity index (χ4v) is 4.74. The van der Waals surface area contributed by atoms with Gasteiger partial charge in [-0.15, -0.1) is 0 Å². The van der Waals surface area contributed by atoms with E-state index in [4.69, 9.17) is 9.47 Å². The molecule has 0 aliphatic carbocycles. The van der Waals surface area contributed by atoms with Crippen LogP contribution in [0.1, 0.15) is 44.1 Å². The highest BCUT2D eigenvalue weighted by Crippen LogP contribution is 2.26. The number of ether oxygens (including phenoxy) is 2. The highest BCUT2D eigenvalue weighted by molar-refractivity contribution is 5.27. The van der Waals surface area contributed by atoms with Crippen LogP contribution in [0.25, 0.3) is 0 Å². The zero-order valence-electron chi connectivity index (χ0n) is 19.6. The van der Waals surface area contributed by atoms with E-state index in [-0.39, 0.29) is 12.4 Å². The van der Waals surface area contributed by atoms with Crippen LogP contribution >= 0.6 is 0 Å². The summed E-state index contributed by atoms with van der Waals surface area (Å²) in [5, 5.41) is 11.0. The number of likely N-dealkylation sites (tertiary alicyclic amines) is 2. The van der Waals surface area contributed by atoms with Crippen molar-refractivity contribution in [2.75, 3.05) is 45.9 Å². The molecule has 0 radical (unpaired) electrons. The summed E-state index contributed by atoms with van der Waals surface area (Å²) in [6.45, 7) is 6.80. The molecule has 0 saturated carbocycles. The number of benzene rings is 2. The van der Waals surface area contributed by atoms with Crippen molar-refractivity contribution in [3.8, 4) is 11.5 Å². The van der Waals surface area contributed by atoms with Crippen molar-refractivity contribution >= 4 is 0 Å². The second-order valence-corrected chi connectivity index (χ2v) is 9.47. The van der Waals surface area contributed by atoms with Gasteiger partial charge >= 0.3 is 0 Å². The van der Waals surface area contributed by atoms with Crippen molar-refractivity contribution in [3.63, 3.8) is 0 Å². The van der Waals surface area contributed by atoms with Gasteiger partial charge in [0.1, 0.15) is 19.0 Å². The largest absolute Gasteiger partial charge is 0.492 e. The number of hydrogen-bond donors (Lipinski definition) is 1. The number of para-hydroxylation sites is 1. The predicted molar refractivity (Wildman–Crippen MR) is 128 cm³/mol. The summed E-state index contributed by atoms with van der Waals surface area (Å²) in [5.74, 6) is 0.729. The van der Waals surface area contributed by atoms with E-state index in [9.17, 15) is 9.50 Å². The van der Waals surface area contributed by atoms with Crippen LogP contribution in [0.3, 0.4) is 0 Å². The fraction of sp³-hybridized carbons (Fsp3) is 0.556. The molecule has 2 fully saturated rings. The topological polar surface area (TPSA) is 45.2 Å². The molecule has 0 bridgehead atoms. The van der Waals surface area contributed by atoms with Gasteiger partial charge in [-0.05, 0) is 81.6 Å². The molecule has 1 atom stereocenters. The van der Waals surface area contributed by atoms with Crippen molar-refractivity contribution in [1.29, 1.82) is 0 Å². The van der Waals surface area contributed by atoms with E-state index in [0.29, 0.717) is 12.8 Å². The van der Waals surface area contributed by atoms with Gasteiger partial charge in [-0.3, -0.25) is 9.80 Å². The lowest BCUT2D eigenvalue weighted by molar-refractivity contribution is -0.0177. The van der Waals surface area contributed by atoms with Gasteiger partial charge in [0.2, 0.25) is 0 Å². The minimum absolute atomic E-state index is 0.116. The quantitative estimate of drug-likeness (QED) is 0.603. The first-order valence-corrected chi connectivity index (χ1v) is 12.4. The summed E-state index contributed by atoms with van der Waals surface area (Å²) in [7, 11) is 0. The highest BCUT2D eigenvalue weighted by atomic mass is 19.1. The standard InChI is InChI=1S/C27H37FN2O3/c28-25-7-2-3-8-26(25)33-22-27(31)13-6-17-30(18-14-27)21-23-9-11-24(12-10-23)32-20-19-29-15-4-1-5-16-29/h2-3,7-12,31H,1,4-6,13-22H2/t27-/m0/s1. The molecule has 1 N–H and O–H groups in total. The molecule has 0 aromatic heterocycles. The van der Waals surface area contributed by atoms with Gasteiger partial charge in [-0.1, -0.05) is 30.7 Å². The van der Waals surface area contributed by atoms with Crippen LogP contribution in [-0.2, 0) is 6.54 Å². The fourth-order valence-electron chi connectivity index (χ4n) is 4.74. The Morgan fingerprint density at radius 2 is 1.58 bits per heavy atom. The minimum Gasteiger partial charge on any atom is -0.492 e. The molecule has 0 amide bonds. The van der Waals surface area contributed by atoms with E-state index < -0.39 is 11.4 Å². The molecule has 2 aliphatic heterocycles. The third-order valence-corrected chi connectivity index (χ3v) is 6.80. The van der Waals surface area contributed by atoms with E-state index >= 15 is 0 Å². The van der Waals surface area contributed by atoms with Crippen molar-refractivity contribution in [2.45, 2.75) is 50.7 Å². The van der Waals surface area contributed by atoms with Crippen LogP contribution in [0.5, 0.6) is 11.5 Å². The van der Waals surface area contributed by atoms with Crippen LogP contribution in [0.15, 0.2) is 48.5 Å². The monoisotopic (exact) mass is 456 g/mol. The molecule has 0 spiro atoms. The summed E-state index contributed by atoms with van der Waals surface area (Å²) in [6.07, 6.45) is 6.12. The molecule has 5 nitrogen and oxygen atoms in total. The molecule has 2 saturated heterocycles. The molecule has 2 aliphatic rings. The van der Waals surface area contributed by atoms with Crippen LogP contribution in [0.2, 0.25) is 0 Å². The average Bonchev–Trinajstić information content (AvgIpc) is 3.02. The molecule has 2 heterocycles. The normalized spacial score (nSPS) is 22.6. The van der Waals surface area contributed by atoms with E-state index in [1.165, 1.54) is 44.0 Å². The number of nitrogens with zero attached hydrogens (tertiary/aromatic N) is 2. The van der Waals surface area contributed by atoms with E-state index in [1.807, 2.05) is 0 Å². The zero-order chi connectivity index (χ0) is 22.9. The Kier molecular flexibility index (Phi) is 8.59. The number of piperidine rings is 1. The van der Waals surface area contributed by atoms with Crippen molar-refractivity contribution in [1.82, 2.24) is 9.80 Å². The molecular weight excluding hydrogens is 419 g/mol. The highest BCUT2D eigenvalue weighted by Gasteiger charge is 2.31. The maximum absolute atomic E-state index is 13.8. The lowest BCUT2D eigenvalue weighted by atomic mass is 9.96. The predicted octanol–water partition coefficient (Wildman–Crippen LogP) is 4.49.